The van der Waals surface area contributed by atoms with Crippen molar-refractivity contribution in [3.05, 3.63) is 81.3 Å². The van der Waals surface area contributed by atoms with Crippen LogP contribution < -0.4 is 5.32 Å². The predicted molar refractivity (Wildman–Crippen MR) is 135 cm³/mol. The second kappa shape index (κ2) is 9.76. The number of hydrogen-bond acceptors (Lipinski definition) is 5. The Kier molecular flexibility index (Phi) is 6.75. The van der Waals surface area contributed by atoms with Crippen molar-refractivity contribution in [1.82, 2.24) is 10.4 Å². The molecule has 2 heterocycles. The van der Waals surface area contributed by atoms with Gasteiger partial charge in [-0.05, 0) is 42.0 Å². The van der Waals surface area contributed by atoms with Crippen LogP contribution in [0.15, 0.2) is 59.8 Å². The van der Waals surface area contributed by atoms with Gasteiger partial charge in [-0.2, -0.15) is 13.2 Å². The van der Waals surface area contributed by atoms with Crippen LogP contribution in [0.5, 0.6) is 0 Å². The molecule has 1 saturated heterocycles. The predicted octanol–water partition coefficient (Wildman–Crippen LogP) is 5.97. The lowest BCUT2D eigenvalue weighted by Crippen LogP contribution is -2.42. The largest absolute Gasteiger partial charge is 0.435 e. The van der Waals surface area contributed by atoms with Crippen LogP contribution in [0.3, 0.4) is 0 Å². The maximum Gasteiger partial charge on any atom is 0.435 e. The average molecular weight is 566 g/mol. The number of nitrogens with zero attached hydrogens (tertiary/aromatic N) is 2. The number of alkyl halides is 3. The molecule has 12 heteroatoms. The molecule has 0 aliphatic carbocycles. The molecule has 3 aromatic carbocycles. The number of halogens is 5. The fourth-order valence-corrected chi connectivity index (χ4v) is 5.17. The van der Waals surface area contributed by atoms with Gasteiger partial charge < -0.3 is 10.2 Å². The van der Waals surface area contributed by atoms with Gasteiger partial charge in [-0.3, -0.25) is 9.59 Å². The summed E-state index contributed by atoms with van der Waals surface area (Å²) in [5, 5.41) is 8.75. The minimum Gasteiger partial charge on any atom is -0.374 e. The van der Waals surface area contributed by atoms with E-state index in [0.717, 1.165) is 12.1 Å². The van der Waals surface area contributed by atoms with E-state index >= 15 is 0 Å². The maximum atomic E-state index is 14.4. The van der Waals surface area contributed by atoms with Crippen molar-refractivity contribution in [2.24, 2.45) is 5.16 Å². The van der Waals surface area contributed by atoms with E-state index in [2.05, 4.69) is 10.5 Å². The van der Waals surface area contributed by atoms with Gasteiger partial charge in [0, 0.05) is 39.7 Å². The van der Waals surface area contributed by atoms with E-state index in [1.807, 2.05) is 0 Å². The van der Waals surface area contributed by atoms with Crippen molar-refractivity contribution >= 4 is 51.5 Å². The molecular formula is C26H20Cl2F3N3O4. The molecule has 0 bridgehead atoms. The molecule has 1 N–H and O–H groups in total. The second-order valence-electron chi connectivity index (χ2n) is 8.86. The highest BCUT2D eigenvalue weighted by Gasteiger charge is 2.62. The zero-order chi connectivity index (χ0) is 27.2. The first-order valence-corrected chi connectivity index (χ1v) is 12.4. The molecule has 0 saturated carbocycles. The van der Waals surface area contributed by atoms with E-state index < -0.39 is 30.3 Å². The molecule has 2 atom stereocenters. The molecule has 3 aromatic rings. The lowest BCUT2D eigenvalue weighted by molar-refractivity contribution is -0.275. The number of nitrogens with one attached hydrogen (secondary N) is 1. The minimum absolute atomic E-state index is 0.00319. The summed E-state index contributed by atoms with van der Waals surface area (Å²) in [7, 11) is 0. The lowest BCUT2D eigenvalue weighted by Gasteiger charge is -2.29. The molecule has 7 nitrogen and oxygen atoms in total. The normalized spacial score (nSPS) is 21.5. The van der Waals surface area contributed by atoms with Crippen LogP contribution in [0.4, 0.5) is 13.2 Å². The quantitative estimate of drug-likeness (QED) is 0.413. The van der Waals surface area contributed by atoms with Crippen molar-refractivity contribution in [3.8, 4) is 0 Å². The number of oxime groups is 1. The van der Waals surface area contributed by atoms with E-state index in [9.17, 15) is 22.8 Å². The molecule has 2 aliphatic heterocycles. The number of carbonyl (C=O) groups excluding carboxylic acids is 2. The third-order valence-corrected chi connectivity index (χ3v) is 6.90. The summed E-state index contributed by atoms with van der Waals surface area (Å²) < 4.78 is 43.3. The first kappa shape index (κ1) is 26.3. The Balaban J connectivity index is 1.48. The van der Waals surface area contributed by atoms with Crippen LogP contribution in [0.1, 0.15) is 41.3 Å². The lowest BCUT2D eigenvalue weighted by atomic mass is 9.85. The standard InChI is InChI=1S/C26H20Cl2F3N3O4/c1-2-34-23(35)12-22(37-34)32-24(36)20-8-7-19(17-5-3-4-6-18(17)20)21-13-25(38-33-21,26(29,30)31)14-9-15(27)11-16(28)10-14/h3-11,22H,2,12-13H2,1H3,(H,32,36)/t22-,25?/m1/s1. The number of carbonyl (C=O) groups is 2. The van der Waals surface area contributed by atoms with Crippen molar-refractivity contribution in [3.63, 3.8) is 0 Å². The Morgan fingerprint density at radius 3 is 2.45 bits per heavy atom. The monoisotopic (exact) mass is 565 g/mol. The minimum atomic E-state index is -4.84. The van der Waals surface area contributed by atoms with Gasteiger partial charge >= 0.3 is 6.18 Å². The number of rotatable bonds is 5. The summed E-state index contributed by atoms with van der Waals surface area (Å²) in [5.74, 6) is -0.738. The van der Waals surface area contributed by atoms with Crippen molar-refractivity contribution < 1.29 is 32.4 Å². The Morgan fingerprint density at radius 1 is 1.13 bits per heavy atom. The van der Waals surface area contributed by atoms with Gasteiger partial charge in [0.1, 0.15) is 0 Å². The number of hydrogen-bond donors (Lipinski definition) is 1. The van der Waals surface area contributed by atoms with Gasteiger partial charge in [-0.25, -0.2) is 9.90 Å². The molecule has 1 fully saturated rings. The molecule has 0 aromatic heterocycles. The number of benzene rings is 3. The van der Waals surface area contributed by atoms with Crippen LogP contribution in [-0.4, -0.2) is 41.5 Å². The molecule has 38 heavy (non-hydrogen) atoms. The van der Waals surface area contributed by atoms with Gasteiger partial charge in [0.2, 0.25) is 0 Å². The van der Waals surface area contributed by atoms with E-state index in [0.29, 0.717) is 22.9 Å². The average Bonchev–Trinajstić information content (AvgIpc) is 3.47. The highest BCUT2D eigenvalue weighted by molar-refractivity contribution is 6.34. The first-order chi connectivity index (χ1) is 18.0. The Hall–Kier alpha value is -3.34. The van der Waals surface area contributed by atoms with Gasteiger partial charge in [0.05, 0.1) is 12.1 Å². The van der Waals surface area contributed by atoms with Crippen molar-refractivity contribution in [1.29, 1.82) is 0 Å². The molecule has 5 rings (SSSR count). The van der Waals surface area contributed by atoms with E-state index in [4.69, 9.17) is 32.9 Å². The summed E-state index contributed by atoms with van der Waals surface area (Å²) in [4.78, 5) is 35.6. The van der Waals surface area contributed by atoms with Crippen molar-refractivity contribution in [2.75, 3.05) is 6.54 Å². The third kappa shape index (κ3) is 4.57. The van der Waals surface area contributed by atoms with Crippen molar-refractivity contribution in [2.45, 2.75) is 37.8 Å². The highest BCUT2D eigenvalue weighted by atomic mass is 35.5. The maximum absolute atomic E-state index is 14.4. The summed E-state index contributed by atoms with van der Waals surface area (Å²) in [6.07, 6.45) is -6.30. The first-order valence-electron chi connectivity index (χ1n) is 11.6. The van der Waals surface area contributed by atoms with E-state index in [1.54, 1.807) is 31.2 Å². The van der Waals surface area contributed by atoms with Crippen LogP contribution >= 0.6 is 23.2 Å². The highest BCUT2D eigenvalue weighted by Crippen LogP contribution is 2.50. The van der Waals surface area contributed by atoms with Gasteiger partial charge in [-0.1, -0.05) is 58.7 Å². The zero-order valence-corrected chi connectivity index (χ0v) is 21.3. The third-order valence-electron chi connectivity index (χ3n) is 6.47. The summed E-state index contributed by atoms with van der Waals surface area (Å²) in [6.45, 7) is 2.09. The van der Waals surface area contributed by atoms with Gasteiger partial charge in [0.25, 0.3) is 17.4 Å². The zero-order valence-electron chi connectivity index (χ0n) is 19.8. The molecule has 1 unspecified atom stereocenters. The molecule has 0 spiro atoms. The number of amides is 2. The molecule has 0 radical (unpaired) electrons. The molecule has 2 amide bonds. The summed E-state index contributed by atoms with van der Waals surface area (Å²) in [6, 6.07) is 13.4. The van der Waals surface area contributed by atoms with Crippen LogP contribution in [0.25, 0.3) is 10.8 Å². The summed E-state index contributed by atoms with van der Waals surface area (Å²) >= 11 is 12.0. The van der Waals surface area contributed by atoms with Crippen LogP contribution in [0, 0.1) is 0 Å². The Morgan fingerprint density at radius 2 is 1.82 bits per heavy atom. The number of fused-ring (bicyclic) bond motifs is 1. The Bertz CT molecular complexity index is 1460. The van der Waals surface area contributed by atoms with E-state index in [1.165, 1.54) is 23.3 Å². The second-order valence-corrected chi connectivity index (χ2v) is 9.73. The number of hydroxylamine groups is 2. The fourth-order valence-electron chi connectivity index (χ4n) is 4.65. The SMILES string of the molecule is CCN1O[C@@H](NC(=O)c2ccc(C3=NOC(c4cc(Cl)cc(Cl)c4)(C(F)(F)F)C3)c3ccccc23)CC1=O. The van der Waals surface area contributed by atoms with Crippen LogP contribution in [-0.2, 0) is 20.1 Å². The smallest absolute Gasteiger partial charge is 0.374 e. The Labute approximate surface area is 225 Å². The molecule has 198 valence electrons. The van der Waals surface area contributed by atoms with Gasteiger partial charge in [-0.15, -0.1) is 0 Å². The summed E-state index contributed by atoms with van der Waals surface area (Å²) in [5.41, 5.74) is -2.37. The topological polar surface area (TPSA) is 80.2 Å². The molecular weight excluding hydrogens is 546 g/mol. The molecule has 2 aliphatic rings. The fraction of sp³-hybridized carbons (Fsp3) is 0.269. The van der Waals surface area contributed by atoms with Crippen LogP contribution in [0.2, 0.25) is 10.0 Å². The van der Waals surface area contributed by atoms with Gasteiger partial charge in [0.15, 0.2) is 6.23 Å². The van der Waals surface area contributed by atoms with E-state index in [-0.39, 0.29) is 39.2 Å².